The summed E-state index contributed by atoms with van der Waals surface area (Å²) < 4.78 is 1.80. The Morgan fingerprint density at radius 3 is 2.83 bits per heavy atom. The molecule has 1 fully saturated rings. The smallest absolute Gasteiger partial charge is 0.251 e. The summed E-state index contributed by atoms with van der Waals surface area (Å²) in [5, 5.41) is 0. The molecule has 0 saturated heterocycles. The van der Waals surface area contributed by atoms with Gasteiger partial charge in [0.15, 0.2) is 0 Å². The van der Waals surface area contributed by atoms with Gasteiger partial charge in [-0.2, -0.15) is 0 Å². The molecular weight excluding hydrogens is 150 g/mol. The van der Waals surface area contributed by atoms with Crippen molar-refractivity contribution >= 4 is 6.08 Å². The zero-order valence-electron chi connectivity index (χ0n) is 6.86. The van der Waals surface area contributed by atoms with E-state index in [1.807, 2.05) is 12.3 Å². The van der Waals surface area contributed by atoms with E-state index in [9.17, 15) is 4.79 Å². The molecule has 1 aromatic heterocycles. The SMILES string of the molecule is C=Cc1ccn(C2CC2)c(=O)c1. The van der Waals surface area contributed by atoms with Crippen LogP contribution in [-0.4, -0.2) is 4.57 Å². The van der Waals surface area contributed by atoms with E-state index in [0.29, 0.717) is 6.04 Å². The highest BCUT2D eigenvalue weighted by atomic mass is 16.1. The fraction of sp³-hybridized carbons (Fsp3) is 0.300. The van der Waals surface area contributed by atoms with Crippen molar-refractivity contribution in [3.8, 4) is 0 Å². The van der Waals surface area contributed by atoms with Gasteiger partial charge >= 0.3 is 0 Å². The number of rotatable bonds is 2. The second-order valence-corrected chi connectivity index (χ2v) is 3.14. The van der Waals surface area contributed by atoms with Crippen LogP contribution in [0.3, 0.4) is 0 Å². The quantitative estimate of drug-likeness (QED) is 0.648. The molecule has 0 unspecified atom stereocenters. The number of nitrogens with zero attached hydrogens (tertiary/aromatic N) is 1. The largest absolute Gasteiger partial charge is 0.312 e. The summed E-state index contributed by atoms with van der Waals surface area (Å²) >= 11 is 0. The average Bonchev–Trinajstić information content (AvgIpc) is 2.87. The Labute approximate surface area is 71.2 Å². The average molecular weight is 161 g/mol. The maximum Gasteiger partial charge on any atom is 0.251 e. The monoisotopic (exact) mass is 161 g/mol. The van der Waals surface area contributed by atoms with Crippen molar-refractivity contribution in [3.63, 3.8) is 0 Å². The van der Waals surface area contributed by atoms with Gasteiger partial charge in [-0.25, -0.2) is 0 Å². The molecular formula is C10H11NO. The van der Waals surface area contributed by atoms with Crippen molar-refractivity contribution < 1.29 is 0 Å². The van der Waals surface area contributed by atoms with Crippen molar-refractivity contribution in [2.24, 2.45) is 0 Å². The highest BCUT2D eigenvalue weighted by molar-refractivity contribution is 5.45. The van der Waals surface area contributed by atoms with Gasteiger partial charge < -0.3 is 4.57 Å². The van der Waals surface area contributed by atoms with Crippen LogP contribution in [0.5, 0.6) is 0 Å². The predicted octanol–water partition coefficient (Wildman–Crippen LogP) is 1.83. The summed E-state index contributed by atoms with van der Waals surface area (Å²) in [7, 11) is 0. The van der Waals surface area contributed by atoms with E-state index in [-0.39, 0.29) is 5.56 Å². The Morgan fingerprint density at radius 1 is 1.58 bits per heavy atom. The molecule has 0 amide bonds. The molecule has 12 heavy (non-hydrogen) atoms. The zero-order valence-corrected chi connectivity index (χ0v) is 6.86. The Bertz CT molecular complexity index is 360. The molecule has 2 nitrogen and oxygen atoms in total. The van der Waals surface area contributed by atoms with E-state index in [0.717, 1.165) is 18.4 Å². The molecule has 0 radical (unpaired) electrons. The first-order chi connectivity index (χ1) is 5.81. The first-order valence-electron chi connectivity index (χ1n) is 4.16. The topological polar surface area (TPSA) is 22.0 Å². The first kappa shape index (κ1) is 7.35. The van der Waals surface area contributed by atoms with Crippen LogP contribution in [0, 0.1) is 0 Å². The Hall–Kier alpha value is -1.31. The highest BCUT2D eigenvalue weighted by Crippen LogP contribution is 2.33. The number of hydrogen-bond acceptors (Lipinski definition) is 1. The molecule has 1 heterocycles. The van der Waals surface area contributed by atoms with Crippen LogP contribution in [0.15, 0.2) is 29.7 Å². The maximum atomic E-state index is 11.4. The van der Waals surface area contributed by atoms with Gasteiger partial charge in [0, 0.05) is 18.3 Å². The summed E-state index contributed by atoms with van der Waals surface area (Å²) in [6, 6.07) is 4.02. The van der Waals surface area contributed by atoms with E-state index in [1.54, 1.807) is 16.7 Å². The molecule has 1 aromatic rings. The van der Waals surface area contributed by atoms with Gasteiger partial charge in [0.2, 0.25) is 0 Å². The van der Waals surface area contributed by atoms with Gasteiger partial charge in [-0.05, 0) is 24.5 Å². The second-order valence-electron chi connectivity index (χ2n) is 3.14. The molecule has 0 bridgehead atoms. The van der Waals surface area contributed by atoms with E-state index < -0.39 is 0 Å². The first-order valence-corrected chi connectivity index (χ1v) is 4.16. The lowest BCUT2D eigenvalue weighted by atomic mass is 10.2. The molecule has 0 aromatic carbocycles. The Kier molecular flexibility index (Phi) is 1.61. The van der Waals surface area contributed by atoms with Crippen molar-refractivity contribution in [1.29, 1.82) is 0 Å². The molecule has 62 valence electrons. The minimum atomic E-state index is 0.0925. The van der Waals surface area contributed by atoms with Gasteiger partial charge in [-0.15, -0.1) is 0 Å². The highest BCUT2D eigenvalue weighted by Gasteiger charge is 2.23. The van der Waals surface area contributed by atoms with Crippen LogP contribution in [-0.2, 0) is 0 Å². The third-order valence-electron chi connectivity index (χ3n) is 2.15. The van der Waals surface area contributed by atoms with E-state index in [2.05, 4.69) is 6.58 Å². The van der Waals surface area contributed by atoms with Gasteiger partial charge in [-0.1, -0.05) is 12.7 Å². The van der Waals surface area contributed by atoms with E-state index >= 15 is 0 Å². The maximum absolute atomic E-state index is 11.4. The zero-order chi connectivity index (χ0) is 8.55. The molecule has 1 saturated carbocycles. The van der Waals surface area contributed by atoms with Gasteiger partial charge in [0.25, 0.3) is 5.56 Å². The molecule has 0 atom stereocenters. The van der Waals surface area contributed by atoms with Crippen molar-refractivity contribution in [3.05, 3.63) is 40.8 Å². The van der Waals surface area contributed by atoms with Gasteiger partial charge in [-0.3, -0.25) is 4.79 Å². The van der Waals surface area contributed by atoms with Crippen molar-refractivity contribution in [2.45, 2.75) is 18.9 Å². The van der Waals surface area contributed by atoms with Crippen LogP contribution >= 0.6 is 0 Å². The molecule has 2 rings (SSSR count). The Morgan fingerprint density at radius 2 is 2.33 bits per heavy atom. The summed E-state index contributed by atoms with van der Waals surface area (Å²) in [5.74, 6) is 0. The molecule has 1 aliphatic rings. The van der Waals surface area contributed by atoms with Crippen LogP contribution in [0.25, 0.3) is 6.08 Å². The number of pyridine rings is 1. The minimum Gasteiger partial charge on any atom is -0.312 e. The fourth-order valence-corrected chi connectivity index (χ4v) is 1.29. The normalized spacial score (nSPS) is 16.0. The third kappa shape index (κ3) is 1.20. The van der Waals surface area contributed by atoms with Crippen LogP contribution in [0.4, 0.5) is 0 Å². The van der Waals surface area contributed by atoms with Crippen molar-refractivity contribution in [2.75, 3.05) is 0 Å². The van der Waals surface area contributed by atoms with E-state index in [1.165, 1.54) is 0 Å². The summed E-state index contributed by atoms with van der Waals surface area (Å²) in [4.78, 5) is 11.4. The lowest BCUT2D eigenvalue weighted by Crippen LogP contribution is -2.17. The molecule has 0 aliphatic heterocycles. The van der Waals surface area contributed by atoms with Gasteiger partial charge in [0.1, 0.15) is 0 Å². The van der Waals surface area contributed by atoms with Crippen LogP contribution < -0.4 is 5.56 Å². The third-order valence-corrected chi connectivity index (χ3v) is 2.15. The molecule has 0 N–H and O–H groups in total. The molecule has 0 spiro atoms. The second kappa shape index (κ2) is 2.63. The fourth-order valence-electron chi connectivity index (χ4n) is 1.29. The lowest BCUT2D eigenvalue weighted by Gasteiger charge is -2.01. The summed E-state index contributed by atoms with van der Waals surface area (Å²) in [6.45, 7) is 3.61. The van der Waals surface area contributed by atoms with Crippen LogP contribution in [0.1, 0.15) is 24.4 Å². The van der Waals surface area contributed by atoms with Crippen molar-refractivity contribution in [1.82, 2.24) is 4.57 Å². The molecule has 2 heteroatoms. The summed E-state index contributed by atoms with van der Waals surface area (Å²) in [6.07, 6.45) is 5.84. The Balaban J connectivity index is 2.45. The standard InChI is InChI=1S/C10H11NO/c1-2-8-5-6-11(9-3-4-9)10(12)7-8/h2,5-7,9H,1,3-4H2. The summed E-state index contributed by atoms with van der Waals surface area (Å²) in [5.41, 5.74) is 0.992. The minimum absolute atomic E-state index is 0.0925. The molecule has 1 aliphatic carbocycles. The van der Waals surface area contributed by atoms with E-state index in [4.69, 9.17) is 0 Å². The number of aromatic nitrogens is 1. The predicted molar refractivity (Wildman–Crippen MR) is 49.1 cm³/mol. The lowest BCUT2D eigenvalue weighted by molar-refractivity contribution is 0.707. The van der Waals surface area contributed by atoms with Crippen LogP contribution in [0.2, 0.25) is 0 Å². The van der Waals surface area contributed by atoms with Gasteiger partial charge in [0.05, 0.1) is 0 Å². The number of hydrogen-bond donors (Lipinski definition) is 0.